The fourth-order valence-electron chi connectivity index (χ4n) is 3.63. The number of hydrogen-bond acceptors (Lipinski definition) is 4. The van der Waals surface area contributed by atoms with E-state index in [2.05, 4.69) is 17.0 Å². The van der Waals surface area contributed by atoms with Crippen LogP contribution < -0.4 is 10.5 Å². The lowest BCUT2D eigenvalue weighted by atomic mass is 10.0. The molecule has 20 heavy (non-hydrogen) atoms. The van der Waals surface area contributed by atoms with Gasteiger partial charge < -0.3 is 15.2 Å². The smallest absolute Gasteiger partial charge is 0.118 e. The van der Waals surface area contributed by atoms with Gasteiger partial charge in [-0.3, -0.25) is 4.90 Å². The highest BCUT2D eigenvalue weighted by atomic mass is 16.5. The Bertz CT molecular complexity index is 435. The number of ether oxygens (including phenoxy) is 2. The van der Waals surface area contributed by atoms with E-state index in [1.165, 1.54) is 24.8 Å². The largest absolute Gasteiger partial charge is 0.497 e. The van der Waals surface area contributed by atoms with Crippen molar-refractivity contribution in [1.29, 1.82) is 0 Å². The van der Waals surface area contributed by atoms with E-state index in [1.807, 2.05) is 12.1 Å². The van der Waals surface area contributed by atoms with Crippen molar-refractivity contribution in [2.24, 2.45) is 5.73 Å². The summed E-state index contributed by atoms with van der Waals surface area (Å²) in [5, 5.41) is 0. The second-order valence-corrected chi connectivity index (χ2v) is 5.67. The first-order chi connectivity index (χ1) is 9.83. The van der Waals surface area contributed by atoms with Crippen LogP contribution in [-0.2, 0) is 4.74 Å². The third-order valence-corrected chi connectivity index (χ3v) is 4.65. The zero-order chi connectivity index (χ0) is 13.9. The number of morpholine rings is 1. The van der Waals surface area contributed by atoms with Crippen LogP contribution in [0.5, 0.6) is 5.75 Å². The van der Waals surface area contributed by atoms with Crippen LogP contribution in [0, 0.1) is 0 Å². The molecule has 2 fully saturated rings. The fourth-order valence-corrected chi connectivity index (χ4v) is 3.63. The second-order valence-electron chi connectivity index (χ2n) is 5.67. The van der Waals surface area contributed by atoms with Crippen molar-refractivity contribution in [1.82, 2.24) is 4.90 Å². The third-order valence-electron chi connectivity index (χ3n) is 4.65. The molecule has 3 unspecified atom stereocenters. The average molecular weight is 276 g/mol. The van der Waals surface area contributed by atoms with Crippen molar-refractivity contribution >= 4 is 0 Å². The highest BCUT2D eigenvalue weighted by Gasteiger charge is 2.39. The summed E-state index contributed by atoms with van der Waals surface area (Å²) < 4.78 is 11.1. The molecule has 3 rings (SSSR count). The van der Waals surface area contributed by atoms with E-state index in [4.69, 9.17) is 15.2 Å². The molecule has 1 saturated carbocycles. The van der Waals surface area contributed by atoms with Crippen LogP contribution in [0.4, 0.5) is 0 Å². The van der Waals surface area contributed by atoms with E-state index in [1.54, 1.807) is 7.11 Å². The van der Waals surface area contributed by atoms with Crippen molar-refractivity contribution in [2.45, 2.75) is 37.5 Å². The number of hydrogen-bond donors (Lipinski definition) is 1. The molecule has 2 aliphatic rings. The Morgan fingerprint density at radius 1 is 1.35 bits per heavy atom. The molecule has 4 nitrogen and oxygen atoms in total. The summed E-state index contributed by atoms with van der Waals surface area (Å²) in [4.78, 5) is 2.56. The van der Waals surface area contributed by atoms with Gasteiger partial charge in [0.1, 0.15) is 5.75 Å². The van der Waals surface area contributed by atoms with E-state index in [-0.39, 0.29) is 6.04 Å². The first-order valence-electron chi connectivity index (χ1n) is 7.55. The topological polar surface area (TPSA) is 47.7 Å². The molecule has 1 aromatic rings. The Kier molecular flexibility index (Phi) is 4.24. The Labute approximate surface area is 120 Å². The van der Waals surface area contributed by atoms with Crippen LogP contribution in [0.1, 0.15) is 30.9 Å². The minimum atomic E-state index is 0.287. The molecule has 1 aromatic carbocycles. The molecule has 0 aromatic heterocycles. The van der Waals surface area contributed by atoms with E-state index in [0.717, 1.165) is 18.9 Å². The van der Waals surface area contributed by atoms with Gasteiger partial charge >= 0.3 is 0 Å². The Hall–Kier alpha value is -1.10. The number of fused-ring (bicyclic) bond motifs is 1. The molecule has 2 N–H and O–H groups in total. The maximum Gasteiger partial charge on any atom is 0.118 e. The van der Waals surface area contributed by atoms with Crippen molar-refractivity contribution in [3.63, 3.8) is 0 Å². The summed E-state index contributed by atoms with van der Waals surface area (Å²) >= 11 is 0. The van der Waals surface area contributed by atoms with Crippen LogP contribution in [-0.4, -0.2) is 43.9 Å². The van der Waals surface area contributed by atoms with Gasteiger partial charge in [0.25, 0.3) is 0 Å². The summed E-state index contributed by atoms with van der Waals surface area (Å²) in [5.41, 5.74) is 7.35. The number of nitrogens with zero attached hydrogens (tertiary/aromatic N) is 1. The van der Waals surface area contributed by atoms with Crippen molar-refractivity contribution in [2.75, 3.05) is 26.8 Å². The zero-order valence-electron chi connectivity index (χ0n) is 12.1. The highest BCUT2D eigenvalue weighted by Crippen LogP contribution is 2.35. The molecular formula is C16H24N2O2. The summed E-state index contributed by atoms with van der Waals surface area (Å²) in [6, 6.07) is 9.13. The molecule has 3 atom stereocenters. The molecule has 1 saturated heterocycles. The molecule has 110 valence electrons. The predicted octanol–water partition coefficient (Wildman–Crippen LogP) is 1.95. The van der Waals surface area contributed by atoms with Crippen molar-refractivity contribution in [3.8, 4) is 5.75 Å². The van der Waals surface area contributed by atoms with Gasteiger partial charge in [0.05, 0.1) is 19.8 Å². The van der Waals surface area contributed by atoms with Gasteiger partial charge in [-0.1, -0.05) is 12.1 Å². The average Bonchev–Trinajstić information content (AvgIpc) is 2.98. The molecule has 1 aliphatic heterocycles. The van der Waals surface area contributed by atoms with Gasteiger partial charge in [0.15, 0.2) is 0 Å². The molecule has 0 spiro atoms. The monoisotopic (exact) mass is 276 g/mol. The summed E-state index contributed by atoms with van der Waals surface area (Å²) in [7, 11) is 1.69. The van der Waals surface area contributed by atoms with Crippen LogP contribution >= 0.6 is 0 Å². The van der Waals surface area contributed by atoms with Crippen LogP contribution in [0.2, 0.25) is 0 Å². The molecule has 0 bridgehead atoms. The zero-order valence-corrected chi connectivity index (χ0v) is 12.1. The lowest BCUT2D eigenvalue weighted by Gasteiger charge is -2.42. The fraction of sp³-hybridized carbons (Fsp3) is 0.625. The maximum atomic E-state index is 6.08. The molecule has 1 heterocycles. The minimum absolute atomic E-state index is 0.287. The Balaban J connectivity index is 1.80. The molecule has 1 aliphatic carbocycles. The summed E-state index contributed by atoms with van der Waals surface area (Å²) in [5.74, 6) is 0.894. The molecular weight excluding hydrogens is 252 g/mol. The standard InChI is InChI=1S/C16H24N2O2/c1-19-13-7-5-12(6-8-13)15(11-17)18-9-10-20-16-4-2-3-14(16)18/h5-8,14-16H,2-4,9-11,17H2,1H3. The van der Waals surface area contributed by atoms with Crippen LogP contribution in [0.25, 0.3) is 0 Å². The normalized spacial score (nSPS) is 28.1. The molecule has 4 heteroatoms. The maximum absolute atomic E-state index is 6.08. The summed E-state index contributed by atoms with van der Waals surface area (Å²) in [6.07, 6.45) is 4.11. The van der Waals surface area contributed by atoms with E-state index >= 15 is 0 Å². The number of nitrogens with two attached hydrogens (primary N) is 1. The van der Waals surface area contributed by atoms with Gasteiger partial charge in [0, 0.05) is 25.2 Å². The minimum Gasteiger partial charge on any atom is -0.497 e. The summed E-state index contributed by atoms with van der Waals surface area (Å²) in [6.45, 7) is 2.46. The van der Waals surface area contributed by atoms with Gasteiger partial charge in [0.2, 0.25) is 0 Å². The number of benzene rings is 1. The lowest BCUT2D eigenvalue weighted by Crippen LogP contribution is -2.51. The van der Waals surface area contributed by atoms with Crippen molar-refractivity contribution in [3.05, 3.63) is 29.8 Å². The van der Waals surface area contributed by atoms with Gasteiger partial charge in [-0.2, -0.15) is 0 Å². The van der Waals surface area contributed by atoms with E-state index in [9.17, 15) is 0 Å². The van der Waals surface area contributed by atoms with E-state index in [0.29, 0.717) is 18.7 Å². The molecule has 0 radical (unpaired) electrons. The number of rotatable bonds is 4. The lowest BCUT2D eigenvalue weighted by molar-refractivity contribution is -0.0711. The van der Waals surface area contributed by atoms with Gasteiger partial charge in [-0.25, -0.2) is 0 Å². The highest BCUT2D eigenvalue weighted by molar-refractivity contribution is 5.29. The molecule has 0 amide bonds. The third kappa shape index (κ3) is 2.55. The Morgan fingerprint density at radius 3 is 2.85 bits per heavy atom. The van der Waals surface area contributed by atoms with Gasteiger partial charge in [-0.05, 0) is 37.0 Å². The first-order valence-corrected chi connectivity index (χ1v) is 7.55. The van der Waals surface area contributed by atoms with Crippen LogP contribution in [0.15, 0.2) is 24.3 Å². The van der Waals surface area contributed by atoms with Crippen molar-refractivity contribution < 1.29 is 9.47 Å². The number of methoxy groups -OCH3 is 1. The predicted molar refractivity (Wildman–Crippen MR) is 78.9 cm³/mol. The first kappa shape index (κ1) is 13.9. The van der Waals surface area contributed by atoms with E-state index < -0.39 is 0 Å². The van der Waals surface area contributed by atoms with Crippen LogP contribution in [0.3, 0.4) is 0 Å². The quantitative estimate of drug-likeness (QED) is 0.913. The second kappa shape index (κ2) is 6.12. The Morgan fingerprint density at radius 2 is 2.15 bits per heavy atom. The SMILES string of the molecule is COc1ccc(C(CN)N2CCOC3CCCC32)cc1. The van der Waals surface area contributed by atoms with Gasteiger partial charge in [-0.15, -0.1) is 0 Å².